The number of ether oxygens (including phenoxy) is 1. The molecule has 0 aromatic heterocycles. The number of carbonyl (C=O) groups excluding carboxylic acids is 4. The molecule has 0 aliphatic heterocycles. The molecule has 0 aliphatic rings. The second kappa shape index (κ2) is 29.6. The van der Waals surface area contributed by atoms with E-state index in [0.29, 0.717) is 12.2 Å². The van der Waals surface area contributed by atoms with Gasteiger partial charge >= 0.3 is 5.97 Å². The highest BCUT2D eigenvalue weighted by Crippen LogP contribution is 2.50. The smallest absolute Gasteiger partial charge is 0.308 e. The summed E-state index contributed by atoms with van der Waals surface area (Å²) in [6.07, 6.45) is 2.72. The van der Waals surface area contributed by atoms with Crippen LogP contribution >= 0.6 is 23.5 Å². The van der Waals surface area contributed by atoms with Gasteiger partial charge in [-0.2, -0.15) is 0 Å². The SMILES string of the molecule is C=CCOC(=O)C[C@H](O)[C@H](NC(=O)C(CSC(c1ccccc1)(c1ccccc1)c1ccccc1)NC(=O)C(CC(C)C)NC(=O)CC(O)C=CCCSC(c1ccccc1)(c1ccccc1)c1ccccc1)C(C)C. The van der Waals surface area contributed by atoms with Crippen molar-refractivity contribution in [3.05, 3.63) is 240 Å². The molecule has 5 N–H and O–H groups in total. The summed E-state index contributed by atoms with van der Waals surface area (Å²) in [7, 11) is 0. The number of rotatable bonds is 29. The Bertz CT molecular complexity index is 2550. The monoisotopic (exact) mass is 1060 g/mol. The summed E-state index contributed by atoms with van der Waals surface area (Å²) >= 11 is 3.28. The van der Waals surface area contributed by atoms with Gasteiger partial charge in [0.25, 0.3) is 0 Å². The number of nitrogens with one attached hydrogen (secondary N) is 3. The molecule has 3 unspecified atom stereocenters. The molecule has 12 heteroatoms. The zero-order valence-electron chi connectivity index (χ0n) is 44.0. The molecule has 0 saturated carbocycles. The highest BCUT2D eigenvalue weighted by Gasteiger charge is 2.41. The number of thioether (sulfide) groups is 2. The molecule has 6 aromatic carbocycles. The van der Waals surface area contributed by atoms with E-state index in [0.717, 1.165) is 33.4 Å². The predicted molar refractivity (Wildman–Crippen MR) is 310 cm³/mol. The van der Waals surface area contributed by atoms with Gasteiger partial charge in [-0.15, -0.1) is 23.5 Å². The maximum absolute atomic E-state index is 14.8. The molecular formula is C64H73N3O7S2. The second-order valence-corrected chi connectivity index (χ2v) is 22.1. The predicted octanol–water partition coefficient (Wildman–Crippen LogP) is 10.8. The Morgan fingerprint density at radius 3 is 1.37 bits per heavy atom. The van der Waals surface area contributed by atoms with Crippen LogP contribution in [0.15, 0.2) is 207 Å². The Labute approximate surface area is 458 Å². The number of aliphatic hydroxyl groups is 2. The molecule has 0 bridgehead atoms. The van der Waals surface area contributed by atoms with Crippen LogP contribution in [0, 0.1) is 11.8 Å². The van der Waals surface area contributed by atoms with E-state index in [2.05, 4.69) is 95.3 Å². The van der Waals surface area contributed by atoms with Gasteiger partial charge in [-0.25, -0.2) is 0 Å². The molecule has 0 aliphatic carbocycles. The quantitative estimate of drug-likeness (QED) is 0.0134. The van der Waals surface area contributed by atoms with Gasteiger partial charge in [-0.3, -0.25) is 19.2 Å². The highest BCUT2D eigenvalue weighted by atomic mass is 32.2. The standard InChI is InChI=1S/C64H73N3O7S2/c1-6-40-74-59(71)44-57(69)60(47(4)5)67-62(73)56(45-76-64(51-33-19-10-20-34-51,52-35-21-11-22-36-52)53-37-23-12-24-38-53)66-61(72)55(42-46(2)3)65-58(70)43-54(68)39-25-26-41-75-63(48-27-13-7-14-28-48,49-29-15-8-16-30-49)50-31-17-9-18-32-50/h6-25,27-39,46-47,54-57,60,68-69H,1,26,40-45H2,2-5H3,(H,65,70)(H,66,72)(H,67,73)/t54?,55?,56?,57-,60+/m0/s1. The first kappa shape index (κ1) is 58.6. The number of allylic oxidation sites excluding steroid dienone is 1. The minimum Gasteiger partial charge on any atom is -0.461 e. The van der Waals surface area contributed by atoms with Crippen molar-refractivity contribution in [2.45, 2.75) is 93.2 Å². The van der Waals surface area contributed by atoms with Gasteiger partial charge in [-0.05, 0) is 63.8 Å². The molecule has 5 atom stereocenters. The molecule has 10 nitrogen and oxygen atoms in total. The minimum absolute atomic E-state index is 0.0220. The van der Waals surface area contributed by atoms with Crippen molar-refractivity contribution in [1.82, 2.24) is 16.0 Å². The van der Waals surface area contributed by atoms with Crippen LogP contribution in [0.2, 0.25) is 0 Å². The molecular weight excluding hydrogens is 987 g/mol. The summed E-state index contributed by atoms with van der Waals surface area (Å²) in [6.45, 7) is 11.1. The molecule has 0 radical (unpaired) electrons. The number of hydrogen-bond acceptors (Lipinski definition) is 9. The maximum Gasteiger partial charge on any atom is 0.308 e. The maximum atomic E-state index is 14.8. The lowest BCUT2D eigenvalue weighted by Gasteiger charge is -2.37. The fraction of sp³-hybridized carbons (Fsp3) is 0.312. The zero-order chi connectivity index (χ0) is 54.3. The third-order valence-electron chi connectivity index (χ3n) is 13.1. The Morgan fingerprint density at radius 2 is 0.974 bits per heavy atom. The molecule has 0 heterocycles. The van der Waals surface area contributed by atoms with E-state index in [4.69, 9.17) is 4.74 Å². The fourth-order valence-corrected chi connectivity index (χ4v) is 12.5. The molecule has 398 valence electrons. The average Bonchev–Trinajstić information content (AvgIpc) is 3.43. The summed E-state index contributed by atoms with van der Waals surface area (Å²) in [5.41, 5.74) is 6.31. The summed E-state index contributed by atoms with van der Waals surface area (Å²) in [4.78, 5) is 55.9. The molecule has 3 amide bonds. The van der Waals surface area contributed by atoms with Crippen LogP contribution < -0.4 is 16.0 Å². The van der Waals surface area contributed by atoms with E-state index in [9.17, 15) is 29.4 Å². The Hall–Kier alpha value is -6.70. The van der Waals surface area contributed by atoms with Crippen molar-refractivity contribution in [3.63, 3.8) is 0 Å². The van der Waals surface area contributed by atoms with Gasteiger partial charge in [0.05, 0.1) is 40.6 Å². The summed E-state index contributed by atoms with van der Waals surface area (Å²) in [5, 5.41) is 31.4. The molecule has 6 aromatic rings. The van der Waals surface area contributed by atoms with Crippen LogP contribution in [0.5, 0.6) is 0 Å². The van der Waals surface area contributed by atoms with Crippen LogP contribution in [0.4, 0.5) is 0 Å². The fourth-order valence-electron chi connectivity index (χ4n) is 9.43. The van der Waals surface area contributed by atoms with E-state index < -0.39 is 63.5 Å². The third-order valence-corrected chi connectivity index (χ3v) is 16.3. The van der Waals surface area contributed by atoms with Crippen molar-refractivity contribution < 1.29 is 34.1 Å². The van der Waals surface area contributed by atoms with E-state index >= 15 is 0 Å². The summed E-state index contributed by atoms with van der Waals surface area (Å²) in [5.74, 6) is -1.95. The second-order valence-electron chi connectivity index (χ2n) is 19.5. The van der Waals surface area contributed by atoms with Gasteiger partial charge in [0, 0.05) is 5.75 Å². The zero-order valence-corrected chi connectivity index (χ0v) is 45.6. The first-order valence-electron chi connectivity index (χ1n) is 26.1. The Kier molecular flexibility index (Phi) is 22.8. The van der Waals surface area contributed by atoms with Gasteiger partial charge in [0.15, 0.2) is 0 Å². The summed E-state index contributed by atoms with van der Waals surface area (Å²) < 4.78 is 3.80. The van der Waals surface area contributed by atoms with Crippen LogP contribution in [-0.4, -0.2) is 82.3 Å². The van der Waals surface area contributed by atoms with Crippen LogP contribution in [0.3, 0.4) is 0 Å². The molecule has 0 spiro atoms. The number of carbonyl (C=O) groups is 4. The first-order chi connectivity index (χ1) is 36.8. The minimum atomic E-state index is -1.30. The van der Waals surface area contributed by atoms with Crippen molar-refractivity contribution in [2.75, 3.05) is 18.1 Å². The largest absolute Gasteiger partial charge is 0.461 e. The van der Waals surface area contributed by atoms with Crippen molar-refractivity contribution >= 4 is 47.2 Å². The van der Waals surface area contributed by atoms with Crippen LogP contribution in [0.25, 0.3) is 0 Å². The van der Waals surface area contributed by atoms with Crippen molar-refractivity contribution in [1.29, 1.82) is 0 Å². The van der Waals surface area contributed by atoms with Crippen molar-refractivity contribution in [2.24, 2.45) is 11.8 Å². The Morgan fingerprint density at radius 1 is 0.566 bits per heavy atom. The van der Waals surface area contributed by atoms with E-state index in [1.807, 2.05) is 155 Å². The Balaban J connectivity index is 1.21. The van der Waals surface area contributed by atoms with Gasteiger partial charge < -0.3 is 30.9 Å². The lowest BCUT2D eigenvalue weighted by molar-refractivity contribution is -0.145. The molecule has 6 rings (SSSR count). The van der Waals surface area contributed by atoms with E-state index in [-0.39, 0.29) is 43.5 Å². The molecule has 0 saturated heterocycles. The number of amides is 3. The van der Waals surface area contributed by atoms with E-state index in [1.165, 1.54) is 17.8 Å². The highest BCUT2D eigenvalue weighted by molar-refractivity contribution is 8.00. The molecule has 0 fully saturated rings. The third kappa shape index (κ3) is 15.9. The number of esters is 1. The average molecular weight is 1060 g/mol. The molecule has 76 heavy (non-hydrogen) atoms. The number of hydrogen-bond donors (Lipinski definition) is 5. The van der Waals surface area contributed by atoms with Crippen LogP contribution in [-0.2, 0) is 33.4 Å². The van der Waals surface area contributed by atoms with Gasteiger partial charge in [0.2, 0.25) is 17.7 Å². The van der Waals surface area contributed by atoms with E-state index in [1.54, 1.807) is 6.08 Å². The first-order valence-corrected chi connectivity index (χ1v) is 28.1. The van der Waals surface area contributed by atoms with Crippen LogP contribution in [0.1, 0.15) is 86.8 Å². The lowest BCUT2D eigenvalue weighted by Crippen LogP contribution is -2.58. The normalized spacial score (nSPS) is 13.8. The van der Waals surface area contributed by atoms with Gasteiger partial charge in [0.1, 0.15) is 18.7 Å². The number of aliphatic hydroxyl groups excluding tert-OH is 2. The summed E-state index contributed by atoms with van der Waals surface area (Å²) in [6, 6.07) is 58.1. The lowest BCUT2D eigenvalue weighted by atomic mass is 9.84. The van der Waals surface area contributed by atoms with Crippen molar-refractivity contribution in [3.8, 4) is 0 Å². The topological polar surface area (TPSA) is 154 Å². The number of benzene rings is 6. The van der Waals surface area contributed by atoms with Gasteiger partial charge in [-0.1, -0.05) is 234 Å².